The van der Waals surface area contributed by atoms with Crippen LogP contribution in [0.1, 0.15) is 35.6 Å². The standard InChI is InChI=1S/C12H15N/c1-2-4-10-7-11(12-8-13-12)6-5-9(10)3-1/h5-7,12-13H,1-4,8H2/t12-/m1/s1. The highest BCUT2D eigenvalue weighted by molar-refractivity contribution is 5.36. The van der Waals surface area contributed by atoms with Crippen molar-refractivity contribution in [3.8, 4) is 0 Å². The first kappa shape index (κ1) is 7.57. The van der Waals surface area contributed by atoms with Gasteiger partial charge in [-0.15, -0.1) is 0 Å². The molecule has 68 valence electrons. The van der Waals surface area contributed by atoms with E-state index < -0.39 is 0 Å². The van der Waals surface area contributed by atoms with Crippen molar-refractivity contribution in [2.45, 2.75) is 31.7 Å². The Morgan fingerprint density at radius 3 is 2.62 bits per heavy atom. The second-order valence-corrected chi connectivity index (χ2v) is 4.20. The summed E-state index contributed by atoms with van der Waals surface area (Å²) in [5.41, 5.74) is 4.70. The first-order chi connectivity index (χ1) is 6.43. The van der Waals surface area contributed by atoms with Crippen molar-refractivity contribution in [1.82, 2.24) is 5.32 Å². The normalized spacial score (nSPS) is 25.4. The molecule has 1 fully saturated rings. The minimum atomic E-state index is 0.673. The summed E-state index contributed by atoms with van der Waals surface area (Å²) in [4.78, 5) is 0. The van der Waals surface area contributed by atoms with Gasteiger partial charge in [-0.1, -0.05) is 18.2 Å². The summed E-state index contributed by atoms with van der Waals surface area (Å²) in [5, 5.41) is 3.36. The van der Waals surface area contributed by atoms with Crippen molar-refractivity contribution in [1.29, 1.82) is 0 Å². The Balaban J connectivity index is 1.98. The van der Waals surface area contributed by atoms with Crippen LogP contribution in [0.5, 0.6) is 0 Å². The molecular formula is C12H15N. The van der Waals surface area contributed by atoms with Gasteiger partial charge in [-0.2, -0.15) is 0 Å². The molecule has 3 rings (SSSR count). The van der Waals surface area contributed by atoms with Gasteiger partial charge in [-0.25, -0.2) is 0 Å². The Kier molecular flexibility index (Phi) is 1.66. The third-order valence-corrected chi connectivity index (χ3v) is 3.18. The SMILES string of the molecule is c1cc2c(cc1[C@H]1CN1)CCCC2. The van der Waals surface area contributed by atoms with Crippen LogP contribution < -0.4 is 5.32 Å². The van der Waals surface area contributed by atoms with E-state index >= 15 is 0 Å². The van der Waals surface area contributed by atoms with Gasteiger partial charge >= 0.3 is 0 Å². The van der Waals surface area contributed by atoms with E-state index in [9.17, 15) is 0 Å². The second kappa shape index (κ2) is 2.85. The monoisotopic (exact) mass is 173 g/mol. The van der Waals surface area contributed by atoms with Crippen LogP contribution in [-0.2, 0) is 12.8 Å². The minimum Gasteiger partial charge on any atom is -0.307 e. The number of hydrogen-bond donors (Lipinski definition) is 1. The number of benzene rings is 1. The van der Waals surface area contributed by atoms with Gasteiger partial charge in [0, 0.05) is 12.6 Å². The fraction of sp³-hybridized carbons (Fsp3) is 0.500. The molecule has 1 heteroatoms. The summed E-state index contributed by atoms with van der Waals surface area (Å²) in [7, 11) is 0. The van der Waals surface area contributed by atoms with E-state index in [0.29, 0.717) is 6.04 Å². The largest absolute Gasteiger partial charge is 0.307 e. The van der Waals surface area contributed by atoms with Gasteiger partial charge in [-0.3, -0.25) is 0 Å². The zero-order valence-electron chi connectivity index (χ0n) is 7.84. The lowest BCUT2D eigenvalue weighted by molar-refractivity contribution is 0.684. The Morgan fingerprint density at radius 2 is 1.85 bits per heavy atom. The van der Waals surface area contributed by atoms with Gasteiger partial charge in [0.25, 0.3) is 0 Å². The fourth-order valence-corrected chi connectivity index (χ4v) is 2.26. The number of hydrogen-bond acceptors (Lipinski definition) is 1. The zero-order valence-corrected chi connectivity index (χ0v) is 7.84. The summed E-state index contributed by atoms with van der Waals surface area (Å²) >= 11 is 0. The van der Waals surface area contributed by atoms with E-state index in [0.717, 1.165) is 0 Å². The number of aryl methyl sites for hydroxylation is 2. The van der Waals surface area contributed by atoms with Crippen LogP contribution in [0.25, 0.3) is 0 Å². The fourth-order valence-electron chi connectivity index (χ4n) is 2.26. The Morgan fingerprint density at radius 1 is 1.08 bits per heavy atom. The lowest BCUT2D eigenvalue weighted by Gasteiger charge is -2.16. The van der Waals surface area contributed by atoms with Crippen LogP contribution >= 0.6 is 0 Å². The van der Waals surface area contributed by atoms with Gasteiger partial charge in [0.15, 0.2) is 0 Å². The van der Waals surface area contributed by atoms with Gasteiger partial charge in [0.2, 0.25) is 0 Å². The molecule has 0 amide bonds. The molecule has 1 aliphatic heterocycles. The Hall–Kier alpha value is -0.820. The predicted molar refractivity (Wildman–Crippen MR) is 53.8 cm³/mol. The molecule has 1 N–H and O–H groups in total. The first-order valence-corrected chi connectivity index (χ1v) is 5.28. The molecule has 0 unspecified atom stereocenters. The van der Waals surface area contributed by atoms with E-state index in [1.54, 1.807) is 11.1 Å². The molecule has 0 radical (unpaired) electrons. The molecule has 1 atom stereocenters. The predicted octanol–water partition coefficient (Wildman–Crippen LogP) is 2.21. The second-order valence-electron chi connectivity index (χ2n) is 4.20. The van der Waals surface area contributed by atoms with Crippen molar-refractivity contribution >= 4 is 0 Å². The molecular weight excluding hydrogens is 158 g/mol. The maximum atomic E-state index is 3.36. The molecule has 1 nitrogen and oxygen atoms in total. The van der Waals surface area contributed by atoms with Crippen molar-refractivity contribution in [3.63, 3.8) is 0 Å². The first-order valence-electron chi connectivity index (χ1n) is 5.28. The smallest absolute Gasteiger partial charge is 0.0447 e. The molecule has 1 aliphatic carbocycles. The molecule has 1 heterocycles. The van der Waals surface area contributed by atoms with E-state index in [-0.39, 0.29) is 0 Å². The highest BCUT2D eigenvalue weighted by Gasteiger charge is 2.23. The molecule has 0 aromatic heterocycles. The topological polar surface area (TPSA) is 21.9 Å². The quantitative estimate of drug-likeness (QED) is 0.646. The van der Waals surface area contributed by atoms with Crippen molar-refractivity contribution in [3.05, 3.63) is 34.9 Å². The van der Waals surface area contributed by atoms with E-state index in [4.69, 9.17) is 0 Å². The summed E-state index contributed by atoms with van der Waals surface area (Å²) in [6.45, 7) is 1.18. The summed E-state index contributed by atoms with van der Waals surface area (Å²) in [6, 6.07) is 7.73. The zero-order chi connectivity index (χ0) is 8.67. The molecule has 1 aromatic carbocycles. The summed E-state index contributed by atoms with van der Waals surface area (Å²) < 4.78 is 0. The van der Waals surface area contributed by atoms with E-state index in [1.807, 2.05) is 0 Å². The maximum Gasteiger partial charge on any atom is 0.0447 e. The molecule has 13 heavy (non-hydrogen) atoms. The van der Waals surface area contributed by atoms with Crippen LogP contribution in [0.4, 0.5) is 0 Å². The summed E-state index contributed by atoms with van der Waals surface area (Å²) in [5.74, 6) is 0. The lowest BCUT2D eigenvalue weighted by atomic mass is 9.90. The number of rotatable bonds is 1. The minimum absolute atomic E-state index is 0.673. The van der Waals surface area contributed by atoms with E-state index in [1.165, 1.54) is 37.8 Å². The van der Waals surface area contributed by atoms with Crippen molar-refractivity contribution < 1.29 is 0 Å². The average molecular weight is 173 g/mol. The average Bonchev–Trinajstić information content (AvgIpc) is 3.00. The van der Waals surface area contributed by atoms with Gasteiger partial charge in [-0.05, 0) is 42.4 Å². The molecule has 0 bridgehead atoms. The van der Waals surface area contributed by atoms with Crippen LogP contribution in [-0.4, -0.2) is 6.54 Å². The van der Waals surface area contributed by atoms with E-state index in [2.05, 4.69) is 23.5 Å². The molecule has 1 aromatic rings. The Bertz CT molecular complexity index is 326. The molecule has 0 saturated carbocycles. The highest BCUT2D eigenvalue weighted by atomic mass is 15.1. The van der Waals surface area contributed by atoms with Crippen LogP contribution in [0.15, 0.2) is 18.2 Å². The van der Waals surface area contributed by atoms with Crippen LogP contribution in [0, 0.1) is 0 Å². The van der Waals surface area contributed by atoms with Gasteiger partial charge in [0.1, 0.15) is 0 Å². The lowest BCUT2D eigenvalue weighted by Crippen LogP contribution is -2.03. The third-order valence-electron chi connectivity index (χ3n) is 3.18. The number of nitrogens with one attached hydrogen (secondary N) is 1. The van der Waals surface area contributed by atoms with Crippen LogP contribution in [0.2, 0.25) is 0 Å². The maximum absolute atomic E-state index is 3.36. The van der Waals surface area contributed by atoms with Gasteiger partial charge < -0.3 is 5.32 Å². The molecule has 1 saturated heterocycles. The van der Waals surface area contributed by atoms with Gasteiger partial charge in [0.05, 0.1) is 0 Å². The number of fused-ring (bicyclic) bond motifs is 1. The van der Waals surface area contributed by atoms with Crippen LogP contribution in [0.3, 0.4) is 0 Å². The third kappa shape index (κ3) is 1.37. The molecule has 2 aliphatic rings. The van der Waals surface area contributed by atoms with Crippen molar-refractivity contribution in [2.75, 3.05) is 6.54 Å². The molecule has 0 spiro atoms. The Labute approximate surface area is 79.2 Å². The van der Waals surface area contributed by atoms with Crippen molar-refractivity contribution in [2.24, 2.45) is 0 Å². The highest BCUT2D eigenvalue weighted by Crippen LogP contribution is 2.27. The summed E-state index contributed by atoms with van der Waals surface area (Å²) in [6.07, 6.45) is 5.37.